The molecule has 0 aliphatic carbocycles. The van der Waals surface area contributed by atoms with Crippen LogP contribution < -0.4 is 5.01 Å². The number of carbonyl (C=O) groups excluding carboxylic acids is 1. The lowest BCUT2D eigenvalue weighted by Gasteiger charge is -2.12. The van der Waals surface area contributed by atoms with E-state index in [4.69, 9.17) is 0 Å². The fourth-order valence-corrected chi connectivity index (χ4v) is 1.76. The fraction of sp³-hybridized carbons (Fsp3) is 0.357. The molecule has 1 aromatic rings. The van der Waals surface area contributed by atoms with Crippen LogP contribution in [-0.4, -0.2) is 23.9 Å². The van der Waals surface area contributed by atoms with E-state index in [-0.39, 0.29) is 17.9 Å². The second-order valence-corrected chi connectivity index (χ2v) is 4.60. The fourth-order valence-electron chi connectivity index (χ4n) is 1.76. The molecule has 0 spiro atoms. The van der Waals surface area contributed by atoms with E-state index in [1.165, 1.54) is 5.01 Å². The van der Waals surface area contributed by atoms with Crippen molar-refractivity contribution in [3.63, 3.8) is 0 Å². The molecule has 1 aliphatic rings. The van der Waals surface area contributed by atoms with Crippen molar-refractivity contribution in [2.45, 2.75) is 26.8 Å². The first kappa shape index (κ1) is 12.5. The highest BCUT2D eigenvalue weighted by Gasteiger charge is 2.32. The van der Waals surface area contributed by atoms with Crippen molar-refractivity contribution in [2.75, 3.05) is 5.01 Å². The van der Waals surface area contributed by atoms with Crippen LogP contribution in [-0.2, 0) is 4.79 Å². The molecule has 0 bridgehead atoms. The van der Waals surface area contributed by atoms with Crippen LogP contribution in [0.15, 0.2) is 40.4 Å². The van der Waals surface area contributed by atoms with Crippen LogP contribution in [0, 0.1) is 5.92 Å². The van der Waals surface area contributed by atoms with E-state index >= 15 is 0 Å². The number of hydrogen-bond donors (Lipinski definition) is 0. The molecule has 94 valence electrons. The van der Waals surface area contributed by atoms with Crippen LogP contribution in [0.25, 0.3) is 0 Å². The van der Waals surface area contributed by atoms with Gasteiger partial charge >= 0.3 is 0 Å². The van der Waals surface area contributed by atoms with Crippen molar-refractivity contribution in [3.8, 4) is 0 Å². The Bertz CT molecular complexity index is 491. The number of anilines is 1. The minimum absolute atomic E-state index is 0.0388. The van der Waals surface area contributed by atoms with Gasteiger partial charge in [0.1, 0.15) is 5.92 Å². The van der Waals surface area contributed by atoms with Crippen molar-refractivity contribution in [1.29, 1.82) is 0 Å². The Kier molecular flexibility index (Phi) is 3.55. The molecule has 0 aromatic heterocycles. The molecule has 2 rings (SSSR count). The molecule has 1 amide bonds. The second-order valence-electron chi connectivity index (χ2n) is 4.60. The van der Waals surface area contributed by atoms with Gasteiger partial charge in [-0.05, 0) is 32.9 Å². The molecule has 4 heteroatoms. The number of benzene rings is 1. The van der Waals surface area contributed by atoms with Gasteiger partial charge in [-0.2, -0.15) is 10.1 Å². The lowest BCUT2D eigenvalue weighted by atomic mass is 10.1. The number of aliphatic imine (C=N–C) groups is 1. The largest absolute Gasteiger partial charge is 0.294 e. The van der Waals surface area contributed by atoms with Crippen molar-refractivity contribution in [1.82, 2.24) is 0 Å². The zero-order chi connectivity index (χ0) is 13.1. The van der Waals surface area contributed by atoms with Gasteiger partial charge in [0.25, 0.3) is 5.91 Å². The van der Waals surface area contributed by atoms with E-state index in [2.05, 4.69) is 10.1 Å². The molecule has 0 N–H and O–H groups in total. The van der Waals surface area contributed by atoms with Gasteiger partial charge in [-0.25, -0.2) is 0 Å². The second kappa shape index (κ2) is 5.12. The minimum Gasteiger partial charge on any atom is -0.294 e. The van der Waals surface area contributed by atoms with Crippen LogP contribution in [0.2, 0.25) is 0 Å². The number of carbonyl (C=O) groups is 1. The van der Waals surface area contributed by atoms with Crippen molar-refractivity contribution in [3.05, 3.63) is 30.3 Å². The molecule has 0 unspecified atom stereocenters. The summed E-state index contributed by atoms with van der Waals surface area (Å²) in [6, 6.07) is 9.63. The van der Waals surface area contributed by atoms with Gasteiger partial charge in [-0.3, -0.25) is 9.79 Å². The molecule has 1 aromatic carbocycles. The number of para-hydroxylation sites is 1. The predicted molar refractivity (Wildman–Crippen MR) is 74.2 cm³/mol. The van der Waals surface area contributed by atoms with Crippen molar-refractivity contribution >= 4 is 23.5 Å². The Hall–Kier alpha value is -1.97. The standard InChI is InChI=1S/C14H17N3O/c1-10(2)15-9-13-11(3)16-17(14(13)18)12-7-5-4-6-8-12/h4-10,13H,1-3H3/t13-/m1/s1. The predicted octanol–water partition coefficient (Wildman–Crippen LogP) is 2.50. The van der Waals surface area contributed by atoms with Gasteiger partial charge in [-0.1, -0.05) is 18.2 Å². The highest BCUT2D eigenvalue weighted by molar-refractivity contribution is 6.23. The average Bonchev–Trinajstić information content (AvgIpc) is 2.63. The van der Waals surface area contributed by atoms with E-state index in [9.17, 15) is 4.79 Å². The average molecular weight is 243 g/mol. The lowest BCUT2D eigenvalue weighted by Crippen LogP contribution is -2.28. The number of nitrogens with zero attached hydrogens (tertiary/aromatic N) is 3. The monoisotopic (exact) mass is 243 g/mol. The van der Waals surface area contributed by atoms with Crippen LogP contribution >= 0.6 is 0 Å². The minimum atomic E-state index is -0.326. The Labute approximate surface area is 107 Å². The number of hydrogen-bond acceptors (Lipinski definition) is 3. The molecule has 18 heavy (non-hydrogen) atoms. The maximum atomic E-state index is 12.2. The third-order valence-corrected chi connectivity index (χ3v) is 2.72. The quantitative estimate of drug-likeness (QED) is 0.752. The van der Waals surface area contributed by atoms with Gasteiger partial charge in [0.2, 0.25) is 0 Å². The molecular formula is C14H17N3O. The van der Waals surface area contributed by atoms with Gasteiger partial charge in [0, 0.05) is 12.3 Å². The molecular weight excluding hydrogens is 226 g/mol. The maximum Gasteiger partial charge on any atom is 0.261 e. The number of rotatable bonds is 3. The van der Waals surface area contributed by atoms with Crippen LogP contribution in [0.4, 0.5) is 5.69 Å². The van der Waals surface area contributed by atoms with E-state index in [0.717, 1.165) is 11.4 Å². The zero-order valence-electron chi connectivity index (χ0n) is 10.9. The Morgan fingerprint density at radius 2 is 2.00 bits per heavy atom. The summed E-state index contributed by atoms with van der Waals surface area (Å²) in [5.41, 5.74) is 1.58. The first-order valence-corrected chi connectivity index (χ1v) is 6.07. The highest BCUT2D eigenvalue weighted by atomic mass is 16.2. The van der Waals surface area contributed by atoms with Crippen LogP contribution in [0.5, 0.6) is 0 Å². The smallest absolute Gasteiger partial charge is 0.261 e. The Morgan fingerprint density at radius 1 is 1.33 bits per heavy atom. The van der Waals surface area contributed by atoms with Crippen molar-refractivity contribution < 1.29 is 4.79 Å². The molecule has 4 nitrogen and oxygen atoms in total. The molecule has 0 fully saturated rings. The van der Waals surface area contributed by atoms with E-state index in [0.29, 0.717) is 0 Å². The Morgan fingerprint density at radius 3 is 2.61 bits per heavy atom. The van der Waals surface area contributed by atoms with Gasteiger partial charge < -0.3 is 0 Å². The van der Waals surface area contributed by atoms with Crippen molar-refractivity contribution in [2.24, 2.45) is 16.0 Å². The molecule has 1 atom stereocenters. The van der Waals surface area contributed by atoms with E-state index in [1.54, 1.807) is 6.21 Å². The third-order valence-electron chi connectivity index (χ3n) is 2.72. The van der Waals surface area contributed by atoms with E-state index < -0.39 is 0 Å². The van der Waals surface area contributed by atoms with E-state index in [1.807, 2.05) is 51.1 Å². The summed E-state index contributed by atoms with van der Waals surface area (Å²) in [7, 11) is 0. The summed E-state index contributed by atoms with van der Waals surface area (Å²) in [4.78, 5) is 16.5. The molecule has 0 saturated heterocycles. The van der Waals surface area contributed by atoms with Crippen LogP contribution in [0.1, 0.15) is 20.8 Å². The topological polar surface area (TPSA) is 45.0 Å². The maximum absolute atomic E-state index is 12.2. The number of amides is 1. The molecule has 0 saturated carbocycles. The third kappa shape index (κ3) is 2.47. The summed E-state index contributed by atoms with van der Waals surface area (Å²) in [6.07, 6.45) is 1.70. The summed E-state index contributed by atoms with van der Waals surface area (Å²) in [6.45, 7) is 5.83. The van der Waals surface area contributed by atoms with Gasteiger partial charge in [0.05, 0.1) is 11.4 Å². The summed E-state index contributed by atoms with van der Waals surface area (Å²) in [5, 5.41) is 5.76. The van der Waals surface area contributed by atoms with Crippen LogP contribution in [0.3, 0.4) is 0 Å². The summed E-state index contributed by atoms with van der Waals surface area (Å²) < 4.78 is 0. The van der Waals surface area contributed by atoms with Gasteiger partial charge in [0.15, 0.2) is 0 Å². The SMILES string of the molecule is CC1=NN(c2ccccc2)C(=O)[C@@H]1C=NC(C)C. The lowest BCUT2D eigenvalue weighted by molar-refractivity contribution is -0.118. The summed E-state index contributed by atoms with van der Waals surface area (Å²) >= 11 is 0. The molecule has 1 aliphatic heterocycles. The highest BCUT2D eigenvalue weighted by Crippen LogP contribution is 2.22. The molecule has 1 heterocycles. The Balaban J connectivity index is 2.22. The zero-order valence-corrected chi connectivity index (χ0v) is 10.9. The number of hydrazone groups is 1. The van der Waals surface area contributed by atoms with Gasteiger partial charge in [-0.15, -0.1) is 0 Å². The molecule has 0 radical (unpaired) electrons. The summed E-state index contributed by atoms with van der Waals surface area (Å²) in [5.74, 6) is -0.365. The normalized spacial score (nSPS) is 20.0. The first-order chi connectivity index (χ1) is 8.59. The first-order valence-electron chi connectivity index (χ1n) is 6.07.